The smallest absolute Gasteiger partial charge is 0.407 e. The largest absolute Gasteiger partial charge is 0.444 e. The average Bonchev–Trinajstić information content (AvgIpc) is 2.41. The molecule has 1 amide bonds. The van der Waals surface area contributed by atoms with E-state index >= 15 is 0 Å². The Morgan fingerprint density at radius 2 is 1.78 bits per heavy atom. The lowest BCUT2D eigenvalue weighted by atomic mass is 9.91. The molecule has 1 aromatic carbocycles. The molecule has 1 saturated carbocycles. The standard InChI is InChI=1S/C17H24F2N2O2/c1-17(2,3)23-16(22)21-12-7-4-6-11(10-12)20-15-13(18)8-5-9-14(15)19/h5,8-9,11-12,20H,4,6-7,10H2,1-3H3,(H,21,22). The Kier molecular flexibility index (Phi) is 5.44. The first-order valence-electron chi connectivity index (χ1n) is 7.94. The summed E-state index contributed by atoms with van der Waals surface area (Å²) in [6, 6.07) is 3.64. The molecule has 4 nitrogen and oxygen atoms in total. The van der Waals surface area contributed by atoms with Crippen LogP contribution in [0.25, 0.3) is 0 Å². The van der Waals surface area contributed by atoms with Gasteiger partial charge in [-0.3, -0.25) is 0 Å². The first-order valence-corrected chi connectivity index (χ1v) is 7.94. The van der Waals surface area contributed by atoms with Crippen molar-refractivity contribution in [1.29, 1.82) is 0 Å². The Labute approximate surface area is 135 Å². The van der Waals surface area contributed by atoms with Crippen LogP contribution in [-0.4, -0.2) is 23.8 Å². The maximum Gasteiger partial charge on any atom is 0.407 e. The fourth-order valence-electron chi connectivity index (χ4n) is 2.77. The Morgan fingerprint density at radius 1 is 1.17 bits per heavy atom. The third-order valence-electron chi connectivity index (χ3n) is 3.71. The highest BCUT2D eigenvalue weighted by Crippen LogP contribution is 2.25. The van der Waals surface area contributed by atoms with Crippen molar-refractivity contribution in [2.24, 2.45) is 0 Å². The number of hydrogen-bond donors (Lipinski definition) is 2. The van der Waals surface area contributed by atoms with Crippen molar-refractivity contribution in [3.63, 3.8) is 0 Å². The van der Waals surface area contributed by atoms with E-state index in [1.165, 1.54) is 18.2 Å². The molecule has 23 heavy (non-hydrogen) atoms. The maximum absolute atomic E-state index is 13.7. The number of ether oxygens (including phenoxy) is 1. The van der Waals surface area contributed by atoms with Gasteiger partial charge in [0.1, 0.15) is 22.9 Å². The van der Waals surface area contributed by atoms with Crippen molar-refractivity contribution in [1.82, 2.24) is 5.32 Å². The summed E-state index contributed by atoms with van der Waals surface area (Å²) in [6.07, 6.45) is 2.65. The van der Waals surface area contributed by atoms with Crippen LogP contribution in [0.1, 0.15) is 46.5 Å². The summed E-state index contributed by atoms with van der Waals surface area (Å²) >= 11 is 0. The minimum Gasteiger partial charge on any atom is -0.444 e. The number of anilines is 1. The highest BCUT2D eigenvalue weighted by molar-refractivity contribution is 5.68. The topological polar surface area (TPSA) is 50.4 Å². The number of alkyl carbamates (subject to hydrolysis) is 1. The van der Waals surface area contributed by atoms with E-state index in [2.05, 4.69) is 10.6 Å². The van der Waals surface area contributed by atoms with Gasteiger partial charge < -0.3 is 15.4 Å². The molecule has 2 rings (SSSR count). The van der Waals surface area contributed by atoms with E-state index < -0.39 is 23.3 Å². The van der Waals surface area contributed by atoms with E-state index in [1.807, 2.05) is 0 Å². The SMILES string of the molecule is CC(C)(C)OC(=O)NC1CCCC(Nc2c(F)cccc2F)C1. The molecule has 2 unspecified atom stereocenters. The molecular formula is C17H24F2N2O2. The van der Waals surface area contributed by atoms with Crippen LogP contribution in [0.3, 0.4) is 0 Å². The predicted molar refractivity (Wildman–Crippen MR) is 85.4 cm³/mol. The number of carbonyl (C=O) groups is 1. The highest BCUT2D eigenvalue weighted by atomic mass is 19.1. The van der Waals surface area contributed by atoms with Crippen LogP contribution < -0.4 is 10.6 Å². The van der Waals surface area contributed by atoms with Crippen molar-refractivity contribution >= 4 is 11.8 Å². The molecule has 1 aliphatic rings. The molecule has 0 heterocycles. The summed E-state index contributed by atoms with van der Waals surface area (Å²) in [4.78, 5) is 11.8. The van der Waals surface area contributed by atoms with Gasteiger partial charge in [-0.2, -0.15) is 0 Å². The number of para-hydroxylation sites is 1. The van der Waals surface area contributed by atoms with E-state index in [0.717, 1.165) is 19.3 Å². The zero-order valence-electron chi connectivity index (χ0n) is 13.8. The summed E-state index contributed by atoms with van der Waals surface area (Å²) in [6.45, 7) is 5.41. The van der Waals surface area contributed by atoms with Gasteiger partial charge in [0.05, 0.1) is 0 Å². The molecule has 0 aliphatic heterocycles. The third kappa shape index (κ3) is 5.37. The van der Waals surface area contributed by atoms with Crippen LogP contribution in [0.5, 0.6) is 0 Å². The van der Waals surface area contributed by atoms with Crippen LogP contribution in [0.4, 0.5) is 19.3 Å². The second kappa shape index (κ2) is 7.15. The second-order valence-electron chi connectivity index (χ2n) is 6.95. The van der Waals surface area contributed by atoms with Gasteiger partial charge in [-0.15, -0.1) is 0 Å². The van der Waals surface area contributed by atoms with Gasteiger partial charge in [0, 0.05) is 12.1 Å². The van der Waals surface area contributed by atoms with Gasteiger partial charge in [0.2, 0.25) is 0 Å². The molecule has 1 fully saturated rings. The monoisotopic (exact) mass is 326 g/mol. The Balaban J connectivity index is 1.92. The molecule has 1 aromatic rings. The van der Waals surface area contributed by atoms with Gasteiger partial charge in [-0.1, -0.05) is 6.07 Å². The highest BCUT2D eigenvalue weighted by Gasteiger charge is 2.26. The number of halogens is 2. The Morgan fingerprint density at radius 3 is 2.39 bits per heavy atom. The van der Waals surface area contributed by atoms with Crippen LogP contribution in [0.15, 0.2) is 18.2 Å². The third-order valence-corrected chi connectivity index (χ3v) is 3.71. The average molecular weight is 326 g/mol. The van der Waals surface area contributed by atoms with Crippen molar-refractivity contribution in [2.45, 2.75) is 64.1 Å². The van der Waals surface area contributed by atoms with Crippen molar-refractivity contribution < 1.29 is 18.3 Å². The molecule has 2 atom stereocenters. The normalized spacial score (nSPS) is 21.6. The molecule has 0 spiro atoms. The minimum atomic E-state index is -0.604. The van der Waals surface area contributed by atoms with Gasteiger partial charge >= 0.3 is 6.09 Å². The van der Waals surface area contributed by atoms with Crippen LogP contribution in [-0.2, 0) is 4.74 Å². The predicted octanol–water partition coefficient (Wildman–Crippen LogP) is 4.21. The van der Waals surface area contributed by atoms with E-state index in [1.54, 1.807) is 20.8 Å². The van der Waals surface area contributed by atoms with Crippen LogP contribution in [0, 0.1) is 11.6 Å². The Bertz CT molecular complexity index is 538. The number of carbonyl (C=O) groups excluding carboxylic acids is 1. The van der Waals surface area contributed by atoms with Gasteiger partial charge in [0.25, 0.3) is 0 Å². The lowest BCUT2D eigenvalue weighted by molar-refractivity contribution is 0.0492. The summed E-state index contributed by atoms with van der Waals surface area (Å²) in [5.41, 5.74) is -0.650. The summed E-state index contributed by atoms with van der Waals surface area (Å²) < 4.78 is 32.7. The molecule has 1 aliphatic carbocycles. The van der Waals surface area contributed by atoms with Gasteiger partial charge in [-0.05, 0) is 58.6 Å². The summed E-state index contributed by atoms with van der Waals surface area (Å²) in [5.74, 6) is -1.21. The van der Waals surface area contributed by atoms with Crippen molar-refractivity contribution in [2.75, 3.05) is 5.32 Å². The maximum atomic E-state index is 13.7. The van der Waals surface area contributed by atoms with E-state index in [9.17, 15) is 13.6 Å². The fourth-order valence-corrected chi connectivity index (χ4v) is 2.77. The molecular weight excluding hydrogens is 302 g/mol. The van der Waals surface area contributed by atoms with E-state index in [-0.39, 0.29) is 17.8 Å². The number of rotatable bonds is 3. The second-order valence-corrected chi connectivity index (χ2v) is 6.95. The summed E-state index contributed by atoms with van der Waals surface area (Å²) in [7, 11) is 0. The van der Waals surface area contributed by atoms with Crippen LogP contribution >= 0.6 is 0 Å². The molecule has 6 heteroatoms. The lowest BCUT2D eigenvalue weighted by Crippen LogP contribution is -2.44. The van der Waals surface area contributed by atoms with Crippen LogP contribution in [0.2, 0.25) is 0 Å². The zero-order valence-corrected chi connectivity index (χ0v) is 13.8. The number of amides is 1. The zero-order chi connectivity index (χ0) is 17.0. The molecule has 0 radical (unpaired) electrons. The van der Waals surface area contributed by atoms with E-state index in [4.69, 9.17) is 4.74 Å². The first-order chi connectivity index (χ1) is 10.7. The molecule has 0 aromatic heterocycles. The fraction of sp³-hybridized carbons (Fsp3) is 0.588. The van der Waals surface area contributed by atoms with Crippen molar-refractivity contribution in [3.8, 4) is 0 Å². The van der Waals surface area contributed by atoms with Crippen molar-refractivity contribution in [3.05, 3.63) is 29.8 Å². The Hall–Kier alpha value is -1.85. The van der Waals surface area contributed by atoms with Gasteiger partial charge in [-0.25, -0.2) is 13.6 Å². The number of benzene rings is 1. The summed E-state index contributed by atoms with van der Waals surface area (Å²) in [5, 5.41) is 5.76. The quantitative estimate of drug-likeness (QED) is 0.875. The first kappa shape index (κ1) is 17.5. The number of hydrogen-bond acceptors (Lipinski definition) is 3. The molecule has 2 N–H and O–H groups in total. The number of nitrogens with one attached hydrogen (secondary N) is 2. The van der Waals surface area contributed by atoms with Gasteiger partial charge in [0.15, 0.2) is 0 Å². The lowest BCUT2D eigenvalue weighted by Gasteiger charge is -2.31. The molecule has 128 valence electrons. The van der Waals surface area contributed by atoms with E-state index in [0.29, 0.717) is 6.42 Å². The molecule has 0 bridgehead atoms. The minimum absolute atomic E-state index is 0.0639. The molecule has 0 saturated heterocycles.